The lowest BCUT2D eigenvalue weighted by atomic mass is 9.96. The molecular weight excluding hydrogens is 421 g/mol. The lowest BCUT2D eigenvalue weighted by molar-refractivity contribution is -0.121. The number of nitrogens with zero attached hydrogens (tertiary/aromatic N) is 1. The predicted molar refractivity (Wildman–Crippen MR) is 126 cm³/mol. The van der Waals surface area contributed by atoms with E-state index in [1.54, 1.807) is 0 Å². The van der Waals surface area contributed by atoms with Crippen molar-refractivity contribution in [3.8, 4) is 11.5 Å². The van der Waals surface area contributed by atoms with Gasteiger partial charge in [-0.25, -0.2) is 4.39 Å². The minimum Gasteiger partial charge on any atom is -0.457 e. The Morgan fingerprint density at radius 2 is 1.39 bits per heavy atom. The second-order valence-electron chi connectivity index (χ2n) is 8.03. The molecule has 170 valence electrons. The Morgan fingerprint density at radius 1 is 0.818 bits per heavy atom. The number of piperidine rings is 1. The molecule has 1 heterocycles. The summed E-state index contributed by atoms with van der Waals surface area (Å²) in [6.45, 7) is 1.58. The highest BCUT2D eigenvalue weighted by molar-refractivity contribution is 5.93. The van der Waals surface area contributed by atoms with Crippen molar-refractivity contribution in [1.82, 2.24) is 4.90 Å². The molecule has 1 aliphatic rings. The van der Waals surface area contributed by atoms with Crippen LogP contribution in [0.5, 0.6) is 11.5 Å². The average Bonchev–Trinajstić information content (AvgIpc) is 2.83. The number of rotatable bonds is 7. The van der Waals surface area contributed by atoms with Crippen LogP contribution in [0.1, 0.15) is 12.8 Å². The Balaban J connectivity index is 1.20. The number of para-hydroxylation sites is 1. The van der Waals surface area contributed by atoms with Gasteiger partial charge in [-0.3, -0.25) is 14.5 Å². The molecule has 0 saturated carbocycles. The third-order valence-corrected chi connectivity index (χ3v) is 5.55. The number of carbonyl (C=O) groups is 2. The quantitative estimate of drug-likeness (QED) is 0.540. The largest absolute Gasteiger partial charge is 0.457 e. The zero-order valence-corrected chi connectivity index (χ0v) is 18.2. The number of amides is 2. The monoisotopic (exact) mass is 447 g/mol. The van der Waals surface area contributed by atoms with Gasteiger partial charge < -0.3 is 15.4 Å². The van der Waals surface area contributed by atoms with Crippen LogP contribution in [0.4, 0.5) is 15.8 Å². The summed E-state index contributed by atoms with van der Waals surface area (Å²) in [7, 11) is 0. The van der Waals surface area contributed by atoms with Crippen molar-refractivity contribution in [3.05, 3.63) is 84.7 Å². The zero-order valence-electron chi connectivity index (χ0n) is 18.2. The van der Waals surface area contributed by atoms with Crippen molar-refractivity contribution in [2.45, 2.75) is 12.8 Å². The lowest BCUT2D eigenvalue weighted by Crippen LogP contribution is -2.41. The predicted octanol–water partition coefficient (Wildman–Crippen LogP) is 4.91. The van der Waals surface area contributed by atoms with Gasteiger partial charge in [0.05, 0.1) is 6.54 Å². The highest BCUT2D eigenvalue weighted by Gasteiger charge is 2.26. The maximum atomic E-state index is 13.0. The van der Waals surface area contributed by atoms with Gasteiger partial charge in [-0.15, -0.1) is 0 Å². The first-order valence-corrected chi connectivity index (χ1v) is 11.0. The molecule has 1 aliphatic heterocycles. The van der Waals surface area contributed by atoms with Gasteiger partial charge in [0.2, 0.25) is 11.8 Å². The van der Waals surface area contributed by atoms with Crippen LogP contribution in [0, 0.1) is 11.7 Å². The van der Waals surface area contributed by atoms with E-state index in [1.807, 2.05) is 59.5 Å². The van der Waals surface area contributed by atoms with E-state index in [0.29, 0.717) is 37.4 Å². The number of anilines is 2. The highest BCUT2D eigenvalue weighted by atomic mass is 19.1. The molecule has 0 bridgehead atoms. The maximum Gasteiger partial charge on any atom is 0.238 e. The molecule has 2 amide bonds. The Hall–Kier alpha value is -3.71. The van der Waals surface area contributed by atoms with Crippen molar-refractivity contribution in [2.24, 2.45) is 5.92 Å². The van der Waals surface area contributed by atoms with Crippen LogP contribution in [0.2, 0.25) is 0 Å². The van der Waals surface area contributed by atoms with E-state index >= 15 is 0 Å². The van der Waals surface area contributed by atoms with Gasteiger partial charge in [0.25, 0.3) is 0 Å². The Bertz CT molecular complexity index is 1060. The highest BCUT2D eigenvalue weighted by Crippen LogP contribution is 2.24. The summed E-state index contributed by atoms with van der Waals surface area (Å²) in [5.41, 5.74) is 1.29. The molecule has 0 unspecified atom stereocenters. The summed E-state index contributed by atoms with van der Waals surface area (Å²) in [4.78, 5) is 26.9. The fourth-order valence-corrected chi connectivity index (χ4v) is 3.77. The first-order chi connectivity index (χ1) is 16.0. The zero-order chi connectivity index (χ0) is 23.0. The number of nitrogens with one attached hydrogen (secondary N) is 2. The molecular formula is C26H26FN3O3. The van der Waals surface area contributed by atoms with Gasteiger partial charge in [0.15, 0.2) is 0 Å². The Labute approximate surface area is 192 Å². The van der Waals surface area contributed by atoms with Gasteiger partial charge in [-0.2, -0.15) is 0 Å². The lowest BCUT2D eigenvalue weighted by Gasteiger charge is -2.30. The van der Waals surface area contributed by atoms with Crippen molar-refractivity contribution >= 4 is 23.2 Å². The van der Waals surface area contributed by atoms with Gasteiger partial charge in [0.1, 0.15) is 17.3 Å². The van der Waals surface area contributed by atoms with Crippen LogP contribution in [-0.2, 0) is 9.59 Å². The van der Waals surface area contributed by atoms with E-state index in [1.165, 1.54) is 24.3 Å². The first-order valence-electron chi connectivity index (χ1n) is 11.0. The van der Waals surface area contributed by atoms with Gasteiger partial charge in [-0.05, 0) is 86.6 Å². The average molecular weight is 448 g/mol. The van der Waals surface area contributed by atoms with E-state index in [-0.39, 0.29) is 30.1 Å². The number of halogens is 1. The Kier molecular flexibility index (Phi) is 7.32. The number of hydrogen-bond donors (Lipinski definition) is 2. The molecule has 0 aromatic heterocycles. The van der Waals surface area contributed by atoms with Crippen molar-refractivity contribution in [3.63, 3.8) is 0 Å². The minimum atomic E-state index is -0.343. The van der Waals surface area contributed by atoms with Crippen LogP contribution in [0.3, 0.4) is 0 Å². The molecule has 33 heavy (non-hydrogen) atoms. The van der Waals surface area contributed by atoms with Crippen molar-refractivity contribution in [1.29, 1.82) is 0 Å². The van der Waals surface area contributed by atoms with E-state index in [9.17, 15) is 14.0 Å². The molecule has 1 saturated heterocycles. The molecule has 1 fully saturated rings. The summed E-state index contributed by atoms with van der Waals surface area (Å²) >= 11 is 0. The number of ether oxygens (including phenoxy) is 1. The molecule has 0 spiro atoms. The van der Waals surface area contributed by atoms with Gasteiger partial charge in [-0.1, -0.05) is 18.2 Å². The van der Waals surface area contributed by atoms with Gasteiger partial charge >= 0.3 is 0 Å². The third-order valence-electron chi connectivity index (χ3n) is 5.55. The van der Waals surface area contributed by atoms with E-state index in [4.69, 9.17) is 4.74 Å². The van der Waals surface area contributed by atoms with Crippen LogP contribution in [0.25, 0.3) is 0 Å². The second kappa shape index (κ2) is 10.7. The first kappa shape index (κ1) is 22.5. The van der Waals surface area contributed by atoms with E-state index < -0.39 is 0 Å². The smallest absolute Gasteiger partial charge is 0.238 e. The number of benzene rings is 3. The topological polar surface area (TPSA) is 70.7 Å². The Morgan fingerprint density at radius 3 is 2.06 bits per heavy atom. The van der Waals surface area contributed by atoms with Crippen LogP contribution >= 0.6 is 0 Å². The molecule has 0 atom stereocenters. The fraction of sp³-hybridized carbons (Fsp3) is 0.231. The molecule has 2 N–H and O–H groups in total. The summed E-state index contributed by atoms with van der Waals surface area (Å²) in [6.07, 6.45) is 1.37. The maximum absolute atomic E-state index is 13.0. The molecule has 0 aliphatic carbocycles. The van der Waals surface area contributed by atoms with Crippen molar-refractivity contribution in [2.75, 3.05) is 30.3 Å². The SMILES string of the molecule is O=C(CN1CCC(C(=O)Nc2ccc(Oc3ccccc3)cc2)CC1)Nc1ccc(F)cc1. The molecule has 3 aromatic rings. The normalized spacial score (nSPS) is 14.5. The van der Waals surface area contributed by atoms with E-state index in [2.05, 4.69) is 10.6 Å². The molecule has 4 rings (SSSR count). The summed E-state index contributed by atoms with van der Waals surface area (Å²) in [5, 5.41) is 5.74. The molecule has 6 nitrogen and oxygen atoms in total. The fourth-order valence-electron chi connectivity index (χ4n) is 3.77. The summed E-state index contributed by atoms with van der Waals surface area (Å²) in [5.74, 6) is 0.856. The van der Waals surface area contributed by atoms with Crippen molar-refractivity contribution < 1.29 is 18.7 Å². The van der Waals surface area contributed by atoms with E-state index in [0.717, 1.165) is 11.4 Å². The van der Waals surface area contributed by atoms with Crippen LogP contribution < -0.4 is 15.4 Å². The number of likely N-dealkylation sites (tertiary alicyclic amines) is 1. The molecule has 0 radical (unpaired) electrons. The standard InChI is InChI=1S/C26H26FN3O3/c27-20-6-8-21(9-7-20)28-25(31)18-30-16-14-19(15-17-30)26(32)29-22-10-12-24(13-11-22)33-23-4-2-1-3-5-23/h1-13,19H,14-18H2,(H,28,31)(H,29,32). The molecule has 3 aromatic carbocycles. The minimum absolute atomic E-state index is 0.0119. The number of hydrogen-bond acceptors (Lipinski definition) is 4. The summed E-state index contributed by atoms with van der Waals surface area (Å²) < 4.78 is 18.7. The summed E-state index contributed by atoms with van der Waals surface area (Å²) in [6, 6.07) is 22.5. The van der Waals surface area contributed by atoms with Crippen LogP contribution in [-0.4, -0.2) is 36.3 Å². The molecule has 7 heteroatoms. The third kappa shape index (κ3) is 6.63. The van der Waals surface area contributed by atoms with Gasteiger partial charge in [0, 0.05) is 17.3 Å². The van der Waals surface area contributed by atoms with Crippen LogP contribution in [0.15, 0.2) is 78.9 Å². The second-order valence-corrected chi connectivity index (χ2v) is 8.03. The number of carbonyl (C=O) groups excluding carboxylic acids is 2.